The lowest BCUT2D eigenvalue weighted by molar-refractivity contribution is 0.739. The molecule has 0 spiro atoms. The third kappa shape index (κ3) is 2.37. The minimum atomic E-state index is 0.229. The van der Waals surface area contributed by atoms with E-state index in [4.69, 9.17) is 5.73 Å². The molecule has 0 bridgehead atoms. The Balaban J connectivity index is 2.45. The summed E-state index contributed by atoms with van der Waals surface area (Å²) in [5.74, 6) is 0. The first-order chi connectivity index (χ1) is 7.15. The van der Waals surface area contributed by atoms with Crippen molar-refractivity contribution >= 4 is 10.8 Å². The second-order valence-corrected chi connectivity index (χ2v) is 4.37. The van der Waals surface area contributed by atoms with Crippen LogP contribution in [-0.4, -0.2) is 6.04 Å². The van der Waals surface area contributed by atoms with Gasteiger partial charge in [-0.3, -0.25) is 0 Å². The van der Waals surface area contributed by atoms with Gasteiger partial charge in [-0.15, -0.1) is 0 Å². The van der Waals surface area contributed by atoms with Crippen molar-refractivity contribution in [2.75, 3.05) is 0 Å². The highest BCUT2D eigenvalue weighted by Crippen LogP contribution is 2.18. The Morgan fingerprint density at radius 1 is 1.07 bits per heavy atom. The third-order valence-electron chi connectivity index (χ3n) is 2.62. The zero-order valence-corrected chi connectivity index (χ0v) is 9.33. The molecule has 2 N–H and O–H groups in total. The topological polar surface area (TPSA) is 26.0 Å². The Morgan fingerprint density at radius 2 is 1.80 bits per heavy atom. The van der Waals surface area contributed by atoms with Crippen molar-refractivity contribution in [3.8, 4) is 0 Å². The van der Waals surface area contributed by atoms with Crippen LogP contribution in [0.2, 0.25) is 0 Å². The van der Waals surface area contributed by atoms with E-state index in [1.54, 1.807) is 0 Å². The van der Waals surface area contributed by atoms with Crippen molar-refractivity contribution in [3.63, 3.8) is 0 Å². The summed E-state index contributed by atoms with van der Waals surface area (Å²) >= 11 is 0. The number of rotatable bonds is 2. The number of hydrogen-bond donors (Lipinski definition) is 1. The number of hydrogen-bond acceptors (Lipinski definition) is 1. The lowest BCUT2D eigenvalue weighted by atomic mass is 10.0. The molecule has 0 fully saturated rings. The normalized spacial score (nSPS) is 13.0. The summed E-state index contributed by atoms with van der Waals surface area (Å²) in [5, 5.41) is 2.61. The molecule has 15 heavy (non-hydrogen) atoms. The molecule has 0 aliphatic rings. The molecule has 0 aromatic heterocycles. The number of fused-ring (bicyclic) bond motifs is 1. The van der Waals surface area contributed by atoms with E-state index in [2.05, 4.69) is 43.3 Å². The second-order valence-electron chi connectivity index (χ2n) is 4.37. The van der Waals surface area contributed by atoms with Gasteiger partial charge in [-0.2, -0.15) is 0 Å². The summed E-state index contributed by atoms with van der Waals surface area (Å²) in [6, 6.07) is 13.3. The van der Waals surface area contributed by atoms with Crippen molar-refractivity contribution < 1.29 is 0 Å². The van der Waals surface area contributed by atoms with Crippen molar-refractivity contribution in [2.24, 2.45) is 5.73 Å². The van der Waals surface area contributed by atoms with Gasteiger partial charge in [0.05, 0.1) is 0 Å². The molecule has 0 amide bonds. The fourth-order valence-corrected chi connectivity index (χ4v) is 1.91. The monoisotopic (exact) mass is 199 g/mol. The molecule has 2 aromatic carbocycles. The SMILES string of the molecule is Cc1ccc2ccc(CC(C)N)cc2c1. The Bertz CT molecular complexity index is 472. The second kappa shape index (κ2) is 4.03. The molecule has 0 saturated heterocycles. The van der Waals surface area contributed by atoms with Crippen LogP contribution in [0.3, 0.4) is 0 Å². The van der Waals surface area contributed by atoms with Gasteiger partial charge in [-0.05, 0) is 36.6 Å². The molecule has 1 heteroatoms. The average molecular weight is 199 g/mol. The molecule has 0 heterocycles. The first-order valence-corrected chi connectivity index (χ1v) is 5.40. The van der Waals surface area contributed by atoms with Gasteiger partial charge in [0.2, 0.25) is 0 Å². The Morgan fingerprint density at radius 3 is 2.53 bits per heavy atom. The summed E-state index contributed by atoms with van der Waals surface area (Å²) in [6.07, 6.45) is 0.948. The van der Waals surface area contributed by atoms with Crippen LogP contribution >= 0.6 is 0 Å². The first-order valence-electron chi connectivity index (χ1n) is 5.40. The van der Waals surface area contributed by atoms with Crippen LogP contribution in [0.25, 0.3) is 10.8 Å². The van der Waals surface area contributed by atoms with Crippen LogP contribution in [0.15, 0.2) is 36.4 Å². The van der Waals surface area contributed by atoms with Crippen molar-refractivity contribution in [1.82, 2.24) is 0 Å². The molecule has 78 valence electrons. The highest BCUT2D eigenvalue weighted by molar-refractivity contribution is 5.83. The van der Waals surface area contributed by atoms with Crippen LogP contribution in [0.4, 0.5) is 0 Å². The van der Waals surface area contributed by atoms with Crippen molar-refractivity contribution in [2.45, 2.75) is 26.3 Å². The average Bonchev–Trinajstić information content (AvgIpc) is 2.16. The molecular weight excluding hydrogens is 182 g/mol. The van der Waals surface area contributed by atoms with Gasteiger partial charge in [-0.1, -0.05) is 42.0 Å². The molecule has 0 saturated carbocycles. The lowest BCUT2D eigenvalue weighted by Gasteiger charge is -2.07. The van der Waals surface area contributed by atoms with Crippen molar-refractivity contribution in [3.05, 3.63) is 47.5 Å². The smallest absolute Gasteiger partial charge is 0.00509 e. The van der Waals surface area contributed by atoms with E-state index in [-0.39, 0.29) is 6.04 Å². The van der Waals surface area contributed by atoms with Crippen LogP contribution in [-0.2, 0) is 6.42 Å². The minimum Gasteiger partial charge on any atom is -0.328 e. The predicted molar refractivity (Wildman–Crippen MR) is 66.0 cm³/mol. The standard InChI is InChI=1S/C14H17N/c1-10-3-5-13-6-4-12(8-11(2)15)9-14(13)7-10/h3-7,9,11H,8,15H2,1-2H3. The van der Waals surface area contributed by atoms with Gasteiger partial charge in [0, 0.05) is 6.04 Å². The third-order valence-corrected chi connectivity index (χ3v) is 2.62. The summed E-state index contributed by atoms with van der Waals surface area (Å²) in [6.45, 7) is 4.16. The molecular formula is C14H17N. The van der Waals surface area contributed by atoms with Crippen LogP contribution < -0.4 is 5.73 Å². The lowest BCUT2D eigenvalue weighted by Crippen LogP contribution is -2.17. The van der Waals surface area contributed by atoms with Crippen LogP contribution in [0.5, 0.6) is 0 Å². The fraction of sp³-hybridized carbons (Fsp3) is 0.286. The largest absolute Gasteiger partial charge is 0.328 e. The van der Waals surface area contributed by atoms with Gasteiger partial charge in [0.1, 0.15) is 0 Å². The summed E-state index contributed by atoms with van der Waals surface area (Å²) in [5.41, 5.74) is 8.43. The number of nitrogens with two attached hydrogens (primary N) is 1. The maximum atomic E-state index is 5.80. The Kier molecular flexibility index (Phi) is 2.74. The fourth-order valence-electron chi connectivity index (χ4n) is 1.91. The highest BCUT2D eigenvalue weighted by Gasteiger charge is 1.99. The number of benzene rings is 2. The van der Waals surface area contributed by atoms with E-state index >= 15 is 0 Å². The molecule has 0 aliphatic heterocycles. The molecule has 2 aromatic rings. The summed E-state index contributed by atoms with van der Waals surface area (Å²) < 4.78 is 0. The van der Waals surface area contributed by atoms with Gasteiger partial charge < -0.3 is 5.73 Å². The molecule has 0 radical (unpaired) electrons. The van der Waals surface area contributed by atoms with Gasteiger partial charge >= 0.3 is 0 Å². The van der Waals surface area contributed by atoms with E-state index in [0.717, 1.165) is 6.42 Å². The minimum absolute atomic E-state index is 0.229. The van der Waals surface area contributed by atoms with E-state index in [9.17, 15) is 0 Å². The number of aryl methyl sites for hydroxylation is 1. The van der Waals surface area contributed by atoms with Crippen LogP contribution in [0, 0.1) is 6.92 Å². The maximum Gasteiger partial charge on any atom is 0.00509 e. The quantitative estimate of drug-likeness (QED) is 0.790. The molecule has 2 rings (SSSR count). The van der Waals surface area contributed by atoms with Crippen LogP contribution in [0.1, 0.15) is 18.1 Å². The van der Waals surface area contributed by atoms with E-state index in [1.807, 2.05) is 6.92 Å². The van der Waals surface area contributed by atoms with E-state index in [1.165, 1.54) is 21.9 Å². The van der Waals surface area contributed by atoms with E-state index in [0.29, 0.717) is 0 Å². The van der Waals surface area contributed by atoms with Gasteiger partial charge in [-0.25, -0.2) is 0 Å². The highest BCUT2D eigenvalue weighted by atomic mass is 14.6. The van der Waals surface area contributed by atoms with E-state index < -0.39 is 0 Å². The molecule has 0 aliphatic carbocycles. The predicted octanol–water partition coefficient (Wildman–Crippen LogP) is 3.04. The maximum absolute atomic E-state index is 5.80. The molecule has 1 unspecified atom stereocenters. The Labute approximate surface area is 90.9 Å². The summed E-state index contributed by atoms with van der Waals surface area (Å²) in [7, 11) is 0. The van der Waals surface area contributed by atoms with Gasteiger partial charge in [0.25, 0.3) is 0 Å². The van der Waals surface area contributed by atoms with Crippen molar-refractivity contribution in [1.29, 1.82) is 0 Å². The molecule has 1 nitrogen and oxygen atoms in total. The molecule has 1 atom stereocenters. The first kappa shape index (κ1) is 10.2. The zero-order valence-electron chi connectivity index (χ0n) is 9.33. The Hall–Kier alpha value is -1.34. The summed E-state index contributed by atoms with van der Waals surface area (Å²) in [4.78, 5) is 0. The zero-order chi connectivity index (χ0) is 10.8. The van der Waals surface area contributed by atoms with Gasteiger partial charge in [0.15, 0.2) is 0 Å².